The fraction of sp³-hybridized carbons (Fsp3) is 0.0667. The van der Waals surface area contributed by atoms with Crippen molar-refractivity contribution in [3.05, 3.63) is 65.6 Å². The highest BCUT2D eigenvalue weighted by Gasteiger charge is 2.23. The van der Waals surface area contributed by atoms with Crippen LogP contribution in [0.25, 0.3) is 6.08 Å². The van der Waals surface area contributed by atoms with Crippen molar-refractivity contribution < 1.29 is 33.3 Å². The molecule has 0 saturated carbocycles. The maximum atomic E-state index is 12.1. The van der Waals surface area contributed by atoms with Crippen LogP contribution in [0.3, 0.4) is 0 Å². The summed E-state index contributed by atoms with van der Waals surface area (Å²) in [6.45, 7) is 0. The van der Waals surface area contributed by atoms with E-state index < -0.39 is 0 Å². The number of benzene rings is 1. The Hall–Kier alpha value is -1.69. The SMILES string of the molecule is C[n+]1ccc(/C=C2/Nc3ccccc3C2=O)cc1.[I-]. The number of ketones is 1. The molecular formula is C15H13IN2O. The van der Waals surface area contributed by atoms with Gasteiger partial charge in [0.25, 0.3) is 0 Å². The van der Waals surface area contributed by atoms with Crippen molar-refractivity contribution in [1.82, 2.24) is 0 Å². The van der Waals surface area contributed by atoms with Gasteiger partial charge in [-0.2, -0.15) is 0 Å². The number of halogens is 1. The molecule has 0 amide bonds. The Bertz CT molecular complexity index is 647. The molecule has 0 unspecified atom stereocenters. The summed E-state index contributed by atoms with van der Waals surface area (Å²) >= 11 is 0. The molecule has 2 heterocycles. The lowest BCUT2D eigenvalue weighted by molar-refractivity contribution is -0.671. The van der Waals surface area contributed by atoms with Crippen LogP contribution >= 0.6 is 0 Å². The monoisotopic (exact) mass is 364 g/mol. The molecule has 0 spiro atoms. The fourth-order valence-corrected chi connectivity index (χ4v) is 2.01. The quantitative estimate of drug-likeness (QED) is 0.407. The molecule has 0 radical (unpaired) electrons. The minimum absolute atomic E-state index is 0. The molecule has 0 bridgehead atoms. The number of carbonyl (C=O) groups is 1. The standard InChI is InChI=1S/C15H12N2O.HI/c1-17-8-6-11(7-9-17)10-14-15(18)12-4-2-3-5-13(12)16-14;/h2-10H,1H3;1H. The second-order valence-corrected chi connectivity index (χ2v) is 4.35. The lowest BCUT2D eigenvalue weighted by atomic mass is 10.1. The van der Waals surface area contributed by atoms with Crippen LogP contribution in [0.2, 0.25) is 0 Å². The number of aromatic nitrogens is 1. The van der Waals surface area contributed by atoms with Gasteiger partial charge in [-0.05, 0) is 23.8 Å². The Morgan fingerprint density at radius 1 is 1.11 bits per heavy atom. The van der Waals surface area contributed by atoms with Gasteiger partial charge in [0.05, 0.1) is 5.70 Å². The van der Waals surface area contributed by atoms with Crippen LogP contribution in [0, 0.1) is 0 Å². The number of carbonyl (C=O) groups excluding carboxylic acids is 1. The van der Waals surface area contributed by atoms with Crippen molar-refractivity contribution in [2.75, 3.05) is 5.32 Å². The fourth-order valence-electron chi connectivity index (χ4n) is 2.01. The van der Waals surface area contributed by atoms with Gasteiger partial charge < -0.3 is 29.3 Å². The summed E-state index contributed by atoms with van der Waals surface area (Å²) in [5.74, 6) is 0.0545. The van der Waals surface area contributed by atoms with E-state index in [1.54, 1.807) is 0 Å². The number of pyridine rings is 1. The average molecular weight is 364 g/mol. The van der Waals surface area contributed by atoms with Gasteiger partial charge in [-0.25, -0.2) is 4.57 Å². The second kappa shape index (κ2) is 5.52. The first-order chi connectivity index (χ1) is 8.74. The topological polar surface area (TPSA) is 33.0 Å². The third-order valence-corrected chi connectivity index (χ3v) is 3.00. The van der Waals surface area contributed by atoms with Crippen molar-refractivity contribution >= 4 is 17.5 Å². The zero-order chi connectivity index (χ0) is 12.5. The van der Waals surface area contributed by atoms with E-state index in [1.165, 1.54) is 0 Å². The highest BCUT2D eigenvalue weighted by atomic mass is 127. The van der Waals surface area contributed by atoms with Crippen LogP contribution < -0.4 is 33.9 Å². The lowest BCUT2D eigenvalue weighted by Gasteiger charge is -1.98. The molecule has 3 rings (SSSR count). The summed E-state index contributed by atoms with van der Waals surface area (Å²) in [7, 11) is 1.96. The summed E-state index contributed by atoms with van der Waals surface area (Å²) in [5, 5.41) is 3.15. The van der Waals surface area contributed by atoms with Gasteiger partial charge >= 0.3 is 0 Å². The molecule has 0 aliphatic carbocycles. The number of nitrogens with zero attached hydrogens (tertiary/aromatic N) is 1. The number of hydrogen-bond donors (Lipinski definition) is 1. The average Bonchev–Trinajstić information content (AvgIpc) is 2.70. The zero-order valence-electron chi connectivity index (χ0n) is 10.4. The Morgan fingerprint density at radius 2 is 1.79 bits per heavy atom. The molecule has 1 aliphatic heterocycles. The van der Waals surface area contributed by atoms with E-state index in [-0.39, 0.29) is 29.8 Å². The molecule has 0 fully saturated rings. The normalized spacial score (nSPS) is 14.8. The molecule has 1 N–H and O–H groups in total. The maximum absolute atomic E-state index is 12.1. The molecule has 1 aromatic heterocycles. The van der Waals surface area contributed by atoms with Crippen LogP contribution in [0.1, 0.15) is 15.9 Å². The number of hydrogen-bond acceptors (Lipinski definition) is 2. The largest absolute Gasteiger partial charge is 1.00 e. The lowest BCUT2D eigenvalue weighted by Crippen LogP contribution is -3.00. The van der Waals surface area contributed by atoms with E-state index in [4.69, 9.17) is 0 Å². The van der Waals surface area contributed by atoms with Gasteiger partial charge in [0.2, 0.25) is 5.78 Å². The Balaban J connectivity index is 0.00000133. The minimum Gasteiger partial charge on any atom is -1.00 e. The summed E-state index contributed by atoms with van der Waals surface area (Å²) in [6, 6.07) is 11.5. The molecule has 4 heteroatoms. The zero-order valence-corrected chi connectivity index (χ0v) is 12.6. The van der Waals surface area contributed by atoms with E-state index in [0.717, 1.165) is 16.8 Å². The number of aryl methyl sites for hydroxylation is 1. The highest BCUT2D eigenvalue weighted by molar-refractivity contribution is 6.20. The van der Waals surface area contributed by atoms with E-state index in [0.29, 0.717) is 5.70 Å². The van der Waals surface area contributed by atoms with E-state index in [2.05, 4.69) is 5.32 Å². The van der Waals surface area contributed by atoms with Crippen LogP contribution in [0.5, 0.6) is 0 Å². The van der Waals surface area contributed by atoms with Gasteiger partial charge in [-0.3, -0.25) is 4.79 Å². The van der Waals surface area contributed by atoms with Gasteiger partial charge in [-0.15, -0.1) is 0 Å². The van der Waals surface area contributed by atoms with E-state index in [9.17, 15) is 4.79 Å². The number of allylic oxidation sites excluding steroid dienone is 1. The molecule has 3 nitrogen and oxygen atoms in total. The predicted molar refractivity (Wildman–Crippen MR) is 70.0 cm³/mol. The number of rotatable bonds is 1. The third kappa shape index (κ3) is 2.68. The van der Waals surface area contributed by atoms with E-state index >= 15 is 0 Å². The first-order valence-electron chi connectivity index (χ1n) is 5.82. The predicted octanol–water partition coefficient (Wildman–Crippen LogP) is -0.836. The number of Topliss-reactive ketones (excluding diaryl/α,β-unsaturated/α-hetero) is 1. The smallest absolute Gasteiger partial charge is 0.211 e. The maximum Gasteiger partial charge on any atom is 0.211 e. The number of anilines is 1. The molecule has 2 aromatic rings. The third-order valence-electron chi connectivity index (χ3n) is 3.00. The summed E-state index contributed by atoms with van der Waals surface area (Å²) < 4.78 is 1.96. The van der Waals surface area contributed by atoms with Crippen molar-refractivity contribution in [2.45, 2.75) is 0 Å². The van der Waals surface area contributed by atoms with Crippen molar-refractivity contribution in [3.63, 3.8) is 0 Å². The number of nitrogens with one attached hydrogen (secondary N) is 1. The van der Waals surface area contributed by atoms with Crippen LogP contribution in [-0.2, 0) is 7.05 Å². The first-order valence-corrected chi connectivity index (χ1v) is 5.82. The molecular weight excluding hydrogens is 351 g/mol. The van der Waals surface area contributed by atoms with Crippen molar-refractivity contribution in [2.24, 2.45) is 7.05 Å². The number of fused-ring (bicyclic) bond motifs is 1. The summed E-state index contributed by atoms with van der Waals surface area (Å²) in [5.41, 5.74) is 3.27. The summed E-state index contributed by atoms with van der Waals surface area (Å²) in [4.78, 5) is 12.1. The van der Waals surface area contributed by atoms with Crippen LogP contribution in [0.15, 0.2) is 54.5 Å². The van der Waals surface area contributed by atoms with Gasteiger partial charge in [0.15, 0.2) is 12.4 Å². The van der Waals surface area contributed by atoms with E-state index in [1.807, 2.05) is 66.5 Å². The number of para-hydroxylation sites is 1. The molecule has 1 aromatic carbocycles. The Kier molecular flexibility index (Phi) is 3.99. The first kappa shape index (κ1) is 13.7. The summed E-state index contributed by atoms with van der Waals surface area (Å²) in [6.07, 6.45) is 5.79. The molecule has 96 valence electrons. The van der Waals surface area contributed by atoms with Gasteiger partial charge in [-0.1, -0.05) is 12.1 Å². The van der Waals surface area contributed by atoms with Gasteiger partial charge in [0.1, 0.15) is 7.05 Å². The molecule has 0 atom stereocenters. The molecule has 19 heavy (non-hydrogen) atoms. The molecule has 0 saturated heterocycles. The molecule has 1 aliphatic rings. The Labute approximate surface area is 129 Å². The van der Waals surface area contributed by atoms with Crippen LogP contribution in [0.4, 0.5) is 5.69 Å². The van der Waals surface area contributed by atoms with Gasteiger partial charge in [0, 0.05) is 23.4 Å². The Morgan fingerprint density at radius 3 is 2.47 bits per heavy atom. The van der Waals surface area contributed by atoms with Crippen LogP contribution in [-0.4, -0.2) is 5.78 Å². The van der Waals surface area contributed by atoms with Crippen molar-refractivity contribution in [3.8, 4) is 0 Å². The highest BCUT2D eigenvalue weighted by Crippen LogP contribution is 2.28. The minimum atomic E-state index is 0. The van der Waals surface area contributed by atoms with Crippen molar-refractivity contribution in [1.29, 1.82) is 0 Å². The second-order valence-electron chi connectivity index (χ2n) is 4.35.